The normalized spacial score (nSPS) is 14.3. The van der Waals surface area contributed by atoms with E-state index in [-0.39, 0.29) is 5.69 Å². The maximum absolute atomic E-state index is 11.9. The van der Waals surface area contributed by atoms with E-state index in [4.69, 9.17) is 0 Å². The van der Waals surface area contributed by atoms with Gasteiger partial charge in [0.05, 0.1) is 10.6 Å². The van der Waals surface area contributed by atoms with Crippen molar-refractivity contribution in [3.8, 4) is 0 Å². The molecule has 1 unspecified atom stereocenters. The Balaban J connectivity index is 3.16. The standard InChI is InChI=1S/C12H15BrN2O3S/c1-8(14-19(18)12(2,3)4)9-5-10(13)7-11(6-9)15(16)17/h5-7H,1-4H3/b14-8+. The van der Waals surface area contributed by atoms with Crippen molar-refractivity contribution in [2.75, 3.05) is 0 Å². The fourth-order valence-corrected chi connectivity index (χ4v) is 2.31. The predicted octanol–water partition coefficient (Wildman–Crippen LogP) is 3.63. The second kappa shape index (κ2) is 6.02. The van der Waals surface area contributed by atoms with E-state index in [0.717, 1.165) is 0 Å². The Bertz CT molecular complexity index is 526. The lowest BCUT2D eigenvalue weighted by Gasteiger charge is -2.18. The third-order valence-electron chi connectivity index (χ3n) is 2.25. The van der Waals surface area contributed by atoms with Crippen LogP contribution in [0, 0.1) is 10.1 Å². The molecule has 0 aliphatic heterocycles. The van der Waals surface area contributed by atoms with Crippen molar-refractivity contribution in [2.24, 2.45) is 4.40 Å². The SMILES string of the molecule is C/C(=N\[S+]([O-])C(C)(C)C)c1cc(Br)cc([N+](=O)[O-])c1. The molecule has 1 aromatic rings. The van der Waals surface area contributed by atoms with Crippen LogP contribution in [-0.4, -0.2) is 19.9 Å². The van der Waals surface area contributed by atoms with Crippen LogP contribution in [0.25, 0.3) is 0 Å². The van der Waals surface area contributed by atoms with Crippen LogP contribution >= 0.6 is 15.9 Å². The van der Waals surface area contributed by atoms with E-state index in [1.54, 1.807) is 13.0 Å². The molecule has 0 saturated carbocycles. The summed E-state index contributed by atoms with van der Waals surface area (Å²) >= 11 is 1.83. The average Bonchev–Trinajstić information content (AvgIpc) is 2.26. The highest BCUT2D eigenvalue weighted by molar-refractivity contribution is 9.10. The van der Waals surface area contributed by atoms with Gasteiger partial charge in [0.25, 0.3) is 5.69 Å². The van der Waals surface area contributed by atoms with Crippen LogP contribution in [0.4, 0.5) is 5.69 Å². The first-order valence-electron chi connectivity index (χ1n) is 5.54. The maximum atomic E-state index is 11.9. The van der Waals surface area contributed by atoms with Crippen LogP contribution in [0.3, 0.4) is 0 Å². The molecule has 104 valence electrons. The van der Waals surface area contributed by atoms with E-state index in [1.807, 2.05) is 20.8 Å². The van der Waals surface area contributed by atoms with Crippen molar-refractivity contribution in [1.29, 1.82) is 0 Å². The number of hydrogen-bond donors (Lipinski definition) is 0. The Hall–Kier alpha value is -0.920. The number of rotatable bonds is 3. The average molecular weight is 347 g/mol. The van der Waals surface area contributed by atoms with E-state index in [2.05, 4.69) is 20.3 Å². The van der Waals surface area contributed by atoms with Gasteiger partial charge in [-0.15, -0.1) is 0 Å². The molecule has 0 fully saturated rings. The number of nitro groups is 1. The molecule has 0 heterocycles. The number of nitrogens with zero attached hydrogens (tertiary/aromatic N) is 2. The zero-order valence-corrected chi connectivity index (χ0v) is 13.5. The molecule has 19 heavy (non-hydrogen) atoms. The Morgan fingerprint density at radius 2 is 1.95 bits per heavy atom. The number of non-ortho nitro benzene ring substituents is 1. The molecule has 1 aromatic carbocycles. The van der Waals surface area contributed by atoms with Crippen molar-refractivity contribution in [2.45, 2.75) is 32.4 Å². The Morgan fingerprint density at radius 1 is 1.37 bits per heavy atom. The second-order valence-corrected chi connectivity index (χ2v) is 7.81. The lowest BCUT2D eigenvalue weighted by Crippen LogP contribution is -2.26. The van der Waals surface area contributed by atoms with Gasteiger partial charge < -0.3 is 4.55 Å². The molecule has 7 heteroatoms. The Kier molecular flexibility index (Phi) is 5.11. The van der Waals surface area contributed by atoms with Crippen molar-refractivity contribution >= 4 is 38.7 Å². The number of hydrogen-bond acceptors (Lipinski definition) is 4. The third kappa shape index (κ3) is 4.59. The molecule has 0 amide bonds. The molecule has 0 N–H and O–H groups in total. The number of benzene rings is 1. The summed E-state index contributed by atoms with van der Waals surface area (Å²) in [5.41, 5.74) is 1.07. The summed E-state index contributed by atoms with van der Waals surface area (Å²) < 4.78 is 16.2. The first-order valence-corrected chi connectivity index (χ1v) is 7.44. The van der Waals surface area contributed by atoms with Gasteiger partial charge in [0.15, 0.2) is 0 Å². The molecule has 0 aliphatic carbocycles. The minimum absolute atomic E-state index is 0.0273. The van der Waals surface area contributed by atoms with E-state index < -0.39 is 21.0 Å². The third-order valence-corrected chi connectivity index (χ3v) is 4.20. The lowest BCUT2D eigenvalue weighted by molar-refractivity contribution is -0.384. The second-order valence-electron chi connectivity index (χ2n) is 4.99. The largest absolute Gasteiger partial charge is 0.591 e. The summed E-state index contributed by atoms with van der Waals surface area (Å²) in [6.45, 7) is 7.16. The summed E-state index contributed by atoms with van der Waals surface area (Å²) in [6.07, 6.45) is 0. The smallest absolute Gasteiger partial charge is 0.271 e. The van der Waals surface area contributed by atoms with Gasteiger partial charge in [0.1, 0.15) is 16.1 Å². The number of nitro benzene ring substituents is 1. The summed E-state index contributed by atoms with van der Waals surface area (Å²) in [7, 11) is 0. The quantitative estimate of drug-likeness (QED) is 0.362. The van der Waals surface area contributed by atoms with Crippen molar-refractivity contribution in [3.05, 3.63) is 38.3 Å². The topological polar surface area (TPSA) is 78.6 Å². The fourth-order valence-electron chi connectivity index (χ4n) is 1.20. The van der Waals surface area contributed by atoms with Gasteiger partial charge in [-0.05, 0) is 33.8 Å². The maximum Gasteiger partial charge on any atom is 0.271 e. The summed E-state index contributed by atoms with van der Waals surface area (Å²) in [5, 5.41) is 10.8. The molecule has 0 spiro atoms. The summed E-state index contributed by atoms with van der Waals surface area (Å²) in [5.74, 6) is 0. The van der Waals surface area contributed by atoms with Crippen LogP contribution < -0.4 is 0 Å². The van der Waals surface area contributed by atoms with E-state index in [0.29, 0.717) is 15.7 Å². The minimum Gasteiger partial charge on any atom is -0.591 e. The van der Waals surface area contributed by atoms with Gasteiger partial charge >= 0.3 is 0 Å². The molecule has 0 saturated heterocycles. The van der Waals surface area contributed by atoms with Gasteiger partial charge in [-0.3, -0.25) is 10.1 Å². The predicted molar refractivity (Wildman–Crippen MR) is 80.9 cm³/mol. The minimum atomic E-state index is -1.39. The van der Waals surface area contributed by atoms with Gasteiger partial charge in [-0.1, -0.05) is 20.3 Å². The molecular formula is C12H15BrN2O3S. The zero-order chi connectivity index (χ0) is 14.8. The van der Waals surface area contributed by atoms with Crippen LogP contribution in [0.2, 0.25) is 0 Å². The molecular weight excluding hydrogens is 332 g/mol. The first-order chi connectivity index (χ1) is 8.61. The molecule has 1 rings (SSSR count). The van der Waals surface area contributed by atoms with Crippen molar-refractivity contribution in [1.82, 2.24) is 0 Å². The highest BCUT2D eigenvalue weighted by atomic mass is 79.9. The zero-order valence-electron chi connectivity index (χ0n) is 11.1. The van der Waals surface area contributed by atoms with Crippen LogP contribution in [0.1, 0.15) is 33.3 Å². The molecule has 0 radical (unpaired) electrons. The first kappa shape index (κ1) is 16.1. The van der Waals surface area contributed by atoms with Crippen LogP contribution in [0.15, 0.2) is 27.1 Å². The van der Waals surface area contributed by atoms with E-state index >= 15 is 0 Å². The molecule has 0 aromatic heterocycles. The molecule has 0 bridgehead atoms. The van der Waals surface area contributed by atoms with Crippen LogP contribution in [-0.2, 0) is 11.4 Å². The monoisotopic (exact) mass is 346 g/mol. The number of halogens is 1. The van der Waals surface area contributed by atoms with E-state index in [1.165, 1.54) is 12.1 Å². The molecule has 1 atom stereocenters. The Labute approximate surface area is 123 Å². The van der Waals surface area contributed by atoms with Gasteiger partial charge in [-0.25, -0.2) is 0 Å². The van der Waals surface area contributed by atoms with Gasteiger partial charge in [0, 0.05) is 22.2 Å². The molecule has 5 nitrogen and oxygen atoms in total. The van der Waals surface area contributed by atoms with E-state index in [9.17, 15) is 14.7 Å². The summed E-state index contributed by atoms with van der Waals surface area (Å²) in [6, 6.07) is 4.55. The van der Waals surface area contributed by atoms with Gasteiger partial charge in [-0.2, -0.15) is 0 Å². The summed E-state index contributed by atoms with van der Waals surface area (Å²) in [4.78, 5) is 10.3. The van der Waals surface area contributed by atoms with Crippen LogP contribution in [0.5, 0.6) is 0 Å². The highest BCUT2D eigenvalue weighted by Gasteiger charge is 2.27. The fraction of sp³-hybridized carbons (Fsp3) is 0.417. The lowest BCUT2D eigenvalue weighted by atomic mass is 10.1. The van der Waals surface area contributed by atoms with Crippen molar-refractivity contribution in [3.63, 3.8) is 0 Å². The van der Waals surface area contributed by atoms with Gasteiger partial charge in [0.2, 0.25) is 0 Å². The highest BCUT2D eigenvalue weighted by Crippen LogP contribution is 2.23. The van der Waals surface area contributed by atoms with Crippen molar-refractivity contribution < 1.29 is 9.48 Å². The molecule has 0 aliphatic rings. The Morgan fingerprint density at radius 3 is 2.42 bits per heavy atom.